The minimum absolute atomic E-state index is 0.0818. The molecule has 1 aliphatic rings. The third kappa shape index (κ3) is 2.23. The number of hydrogen-bond donors (Lipinski definition) is 1. The molecule has 0 radical (unpaired) electrons. The molecule has 2 N–H and O–H groups in total. The fourth-order valence-corrected chi connectivity index (χ4v) is 0.885. The third-order valence-corrected chi connectivity index (χ3v) is 1.51. The molecule has 0 heterocycles. The zero-order valence-electron chi connectivity index (χ0n) is 6.79. The van der Waals surface area contributed by atoms with E-state index in [-0.39, 0.29) is 5.78 Å². The Bertz CT molecular complexity index is 295. The van der Waals surface area contributed by atoms with Crippen molar-refractivity contribution in [3.05, 3.63) is 48.2 Å². The second kappa shape index (κ2) is 3.72. The first kappa shape index (κ1) is 8.53. The molecule has 0 aliphatic heterocycles. The predicted molar refractivity (Wildman–Crippen MR) is 49.3 cm³/mol. The maximum atomic E-state index is 11.2. The SMILES string of the molecule is C=C1/C=C(N)\C=C/CC=CC1=O. The van der Waals surface area contributed by atoms with E-state index < -0.39 is 0 Å². The summed E-state index contributed by atoms with van der Waals surface area (Å²) in [7, 11) is 0. The molecule has 0 aromatic rings. The number of ketones is 1. The number of hydrogen-bond acceptors (Lipinski definition) is 2. The van der Waals surface area contributed by atoms with Crippen LogP contribution < -0.4 is 5.73 Å². The van der Waals surface area contributed by atoms with Crippen molar-refractivity contribution in [1.82, 2.24) is 0 Å². The zero-order valence-corrected chi connectivity index (χ0v) is 6.79. The second-order valence-corrected chi connectivity index (χ2v) is 2.57. The van der Waals surface area contributed by atoms with Crippen LogP contribution in [0.1, 0.15) is 6.42 Å². The summed E-state index contributed by atoms with van der Waals surface area (Å²) in [6, 6.07) is 0. The predicted octanol–water partition coefficient (Wildman–Crippen LogP) is 1.47. The van der Waals surface area contributed by atoms with E-state index >= 15 is 0 Å². The summed E-state index contributed by atoms with van der Waals surface area (Å²) < 4.78 is 0. The van der Waals surface area contributed by atoms with Crippen LogP contribution in [0, 0.1) is 0 Å². The molecular formula is C10H11NO. The van der Waals surface area contributed by atoms with Gasteiger partial charge >= 0.3 is 0 Å². The maximum absolute atomic E-state index is 11.2. The molecule has 62 valence electrons. The van der Waals surface area contributed by atoms with Crippen LogP contribution in [0.3, 0.4) is 0 Å². The van der Waals surface area contributed by atoms with Crippen molar-refractivity contribution in [2.75, 3.05) is 0 Å². The van der Waals surface area contributed by atoms with E-state index in [0.29, 0.717) is 11.3 Å². The molecule has 2 nitrogen and oxygen atoms in total. The van der Waals surface area contributed by atoms with Crippen molar-refractivity contribution >= 4 is 5.78 Å². The Morgan fingerprint density at radius 2 is 2.00 bits per heavy atom. The van der Waals surface area contributed by atoms with E-state index in [1.165, 1.54) is 6.08 Å². The first-order valence-electron chi connectivity index (χ1n) is 3.73. The number of rotatable bonds is 0. The van der Waals surface area contributed by atoms with E-state index in [1.807, 2.05) is 6.08 Å². The van der Waals surface area contributed by atoms with Gasteiger partial charge in [-0.05, 0) is 24.6 Å². The highest BCUT2D eigenvalue weighted by molar-refractivity contribution is 6.05. The van der Waals surface area contributed by atoms with Crippen molar-refractivity contribution < 1.29 is 4.79 Å². The summed E-state index contributed by atoms with van der Waals surface area (Å²) in [6.07, 6.45) is 9.28. The molecule has 0 fully saturated rings. The van der Waals surface area contributed by atoms with Crippen molar-refractivity contribution in [1.29, 1.82) is 0 Å². The molecular weight excluding hydrogens is 150 g/mol. The Kier molecular flexibility index (Phi) is 2.64. The van der Waals surface area contributed by atoms with Gasteiger partial charge < -0.3 is 5.73 Å². The number of carbonyl (C=O) groups excluding carboxylic acids is 1. The van der Waals surface area contributed by atoms with E-state index in [9.17, 15) is 4.79 Å². The van der Waals surface area contributed by atoms with Crippen LogP contribution in [-0.4, -0.2) is 5.78 Å². The zero-order chi connectivity index (χ0) is 8.97. The van der Waals surface area contributed by atoms with Crippen molar-refractivity contribution in [2.24, 2.45) is 5.73 Å². The Hall–Kier alpha value is -1.57. The molecule has 0 aromatic carbocycles. The van der Waals surface area contributed by atoms with Crippen LogP contribution in [0.25, 0.3) is 0 Å². The van der Waals surface area contributed by atoms with Crippen LogP contribution in [0.2, 0.25) is 0 Å². The summed E-state index contributed by atoms with van der Waals surface area (Å²) in [5.41, 5.74) is 6.55. The molecule has 2 heteroatoms. The van der Waals surface area contributed by atoms with E-state index in [0.717, 1.165) is 6.42 Å². The third-order valence-electron chi connectivity index (χ3n) is 1.51. The maximum Gasteiger partial charge on any atom is 0.185 e. The molecule has 0 bridgehead atoms. The number of allylic oxidation sites excluding steroid dienone is 6. The van der Waals surface area contributed by atoms with Gasteiger partial charge in [0.15, 0.2) is 5.78 Å². The first-order valence-corrected chi connectivity index (χ1v) is 3.73. The van der Waals surface area contributed by atoms with Crippen LogP contribution in [-0.2, 0) is 4.79 Å². The van der Waals surface area contributed by atoms with Crippen LogP contribution in [0.4, 0.5) is 0 Å². The topological polar surface area (TPSA) is 43.1 Å². The normalized spacial score (nSPS) is 25.2. The average Bonchev–Trinajstić information content (AvgIpc) is 2.07. The fourth-order valence-electron chi connectivity index (χ4n) is 0.885. The molecule has 0 atom stereocenters. The molecule has 1 rings (SSSR count). The van der Waals surface area contributed by atoms with Gasteiger partial charge in [-0.25, -0.2) is 0 Å². The molecule has 1 aliphatic carbocycles. The summed E-state index contributed by atoms with van der Waals surface area (Å²) in [4.78, 5) is 11.2. The molecule has 0 saturated carbocycles. The fraction of sp³-hybridized carbons (Fsp3) is 0.100. The molecule has 0 spiro atoms. The molecule has 0 aromatic heterocycles. The molecule has 0 unspecified atom stereocenters. The van der Waals surface area contributed by atoms with Crippen molar-refractivity contribution in [3.63, 3.8) is 0 Å². The lowest BCUT2D eigenvalue weighted by Gasteiger charge is -1.93. The Labute approximate surface area is 71.8 Å². The average molecular weight is 161 g/mol. The Morgan fingerprint density at radius 1 is 1.33 bits per heavy atom. The quantitative estimate of drug-likeness (QED) is 0.547. The van der Waals surface area contributed by atoms with Gasteiger partial charge in [-0.2, -0.15) is 0 Å². The summed E-state index contributed by atoms with van der Waals surface area (Å²) in [5, 5.41) is 0. The highest BCUT2D eigenvalue weighted by Crippen LogP contribution is 2.04. The highest BCUT2D eigenvalue weighted by Gasteiger charge is 2.00. The minimum Gasteiger partial charge on any atom is -0.399 e. The largest absolute Gasteiger partial charge is 0.399 e. The van der Waals surface area contributed by atoms with Crippen molar-refractivity contribution in [2.45, 2.75) is 6.42 Å². The van der Waals surface area contributed by atoms with Gasteiger partial charge in [0.25, 0.3) is 0 Å². The summed E-state index contributed by atoms with van der Waals surface area (Å²) in [6.45, 7) is 3.60. The smallest absolute Gasteiger partial charge is 0.185 e. The Balaban J connectivity index is 2.94. The van der Waals surface area contributed by atoms with E-state index in [2.05, 4.69) is 6.58 Å². The van der Waals surface area contributed by atoms with Gasteiger partial charge in [0.05, 0.1) is 0 Å². The minimum atomic E-state index is -0.0818. The lowest BCUT2D eigenvalue weighted by Crippen LogP contribution is -1.98. The molecule has 0 saturated heterocycles. The van der Waals surface area contributed by atoms with E-state index in [4.69, 9.17) is 5.73 Å². The summed E-state index contributed by atoms with van der Waals surface area (Å²) >= 11 is 0. The van der Waals surface area contributed by atoms with Gasteiger partial charge in [0.2, 0.25) is 0 Å². The molecule has 0 amide bonds. The number of carbonyl (C=O) groups is 1. The first-order chi connectivity index (χ1) is 5.70. The lowest BCUT2D eigenvalue weighted by molar-refractivity contribution is -0.111. The van der Waals surface area contributed by atoms with E-state index in [1.54, 1.807) is 18.2 Å². The summed E-state index contributed by atoms with van der Waals surface area (Å²) in [5.74, 6) is -0.0818. The highest BCUT2D eigenvalue weighted by atomic mass is 16.1. The van der Waals surface area contributed by atoms with Crippen LogP contribution in [0.5, 0.6) is 0 Å². The van der Waals surface area contributed by atoms with Crippen LogP contribution >= 0.6 is 0 Å². The van der Waals surface area contributed by atoms with Crippen molar-refractivity contribution in [3.8, 4) is 0 Å². The molecule has 12 heavy (non-hydrogen) atoms. The standard InChI is InChI=1S/C10H11NO/c1-8-7-9(11)5-3-2-4-6-10(8)12/h3-7H,1-2,11H2/b5-3-,6-4?,9-7+. The van der Waals surface area contributed by atoms with Gasteiger partial charge in [0, 0.05) is 11.3 Å². The Morgan fingerprint density at radius 3 is 2.75 bits per heavy atom. The number of nitrogens with two attached hydrogens (primary N) is 1. The van der Waals surface area contributed by atoms with Gasteiger partial charge in [-0.3, -0.25) is 4.79 Å². The van der Waals surface area contributed by atoms with Gasteiger partial charge in [-0.15, -0.1) is 0 Å². The lowest BCUT2D eigenvalue weighted by atomic mass is 10.1. The van der Waals surface area contributed by atoms with Gasteiger partial charge in [-0.1, -0.05) is 18.7 Å². The second-order valence-electron chi connectivity index (χ2n) is 2.57. The van der Waals surface area contributed by atoms with Gasteiger partial charge in [0.1, 0.15) is 0 Å². The monoisotopic (exact) mass is 161 g/mol. The van der Waals surface area contributed by atoms with Crippen LogP contribution in [0.15, 0.2) is 48.2 Å².